The Balaban J connectivity index is 2.41. The predicted octanol–water partition coefficient (Wildman–Crippen LogP) is 2.81. The van der Waals surface area contributed by atoms with Crippen LogP contribution in [-0.4, -0.2) is 34.8 Å². The number of hydrogen-bond acceptors (Lipinski definition) is 2. The van der Waals surface area contributed by atoms with Crippen molar-refractivity contribution < 1.29 is 9.59 Å². The first-order valence-electron chi connectivity index (χ1n) is 6.75. The lowest BCUT2D eigenvalue weighted by Gasteiger charge is -2.44. The smallest absolute Gasteiger partial charge is 0.250 e. The van der Waals surface area contributed by atoms with Crippen LogP contribution in [0.25, 0.3) is 0 Å². The van der Waals surface area contributed by atoms with Gasteiger partial charge in [0.25, 0.3) is 0 Å². The summed E-state index contributed by atoms with van der Waals surface area (Å²) in [6.45, 7) is 7.44. The minimum absolute atomic E-state index is 0.00734. The summed E-state index contributed by atoms with van der Waals surface area (Å²) >= 11 is 3.40. The molecule has 1 aromatic rings. The standard InChI is InChI=1S/C15H19BrN2O2/c1-9(2)17-10(3)15(20)18(11(4)14(17)19)13-7-5-6-12(16)8-13/h5-11H,1-4H3. The van der Waals surface area contributed by atoms with E-state index in [1.54, 1.807) is 23.6 Å². The molecular weight excluding hydrogens is 320 g/mol. The molecule has 0 radical (unpaired) electrons. The van der Waals surface area contributed by atoms with Gasteiger partial charge in [-0.3, -0.25) is 14.5 Å². The number of carbonyl (C=O) groups is 2. The van der Waals surface area contributed by atoms with Crippen LogP contribution < -0.4 is 4.90 Å². The third kappa shape index (κ3) is 2.46. The highest BCUT2D eigenvalue weighted by atomic mass is 79.9. The topological polar surface area (TPSA) is 40.6 Å². The van der Waals surface area contributed by atoms with Crippen molar-refractivity contribution >= 4 is 33.4 Å². The van der Waals surface area contributed by atoms with Crippen LogP contribution in [0.4, 0.5) is 5.69 Å². The van der Waals surface area contributed by atoms with Gasteiger partial charge in [0, 0.05) is 16.2 Å². The number of halogens is 1. The Morgan fingerprint density at radius 2 is 1.75 bits per heavy atom. The molecular formula is C15H19BrN2O2. The van der Waals surface area contributed by atoms with Gasteiger partial charge in [0.15, 0.2) is 0 Å². The summed E-state index contributed by atoms with van der Waals surface area (Å²) in [6.07, 6.45) is 0. The number of nitrogens with zero attached hydrogens (tertiary/aromatic N) is 2. The van der Waals surface area contributed by atoms with Crippen LogP contribution in [0.15, 0.2) is 28.7 Å². The maximum atomic E-state index is 12.6. The Bertz CT molecular complexity index is 544. The van der Waals surface area contributed by atoms with Crippen LogP contribution >= 0.6 is 15.9 Å². The molecule has 108 valence electrons. The second-order valence-electron chi connectivity index (χ2n) is 5.38. The number of hydrogen-bond donors (Lipinski definition) is 0. The highest BCUT2D eigenvalue weighted by Gasteiger charge is 2.43. The molecule has 5 heteroatoms. The summed E-state index contributed by atoms with van der Waals surface area (Å²) in [5, 5.41) is 0. The molecule has 20 heavy (non-hydrogen) atoms. The second kappa shape index (κ2) is 5.56. The Morgan fingerprint density at radius 3 is 2.30 bits per heavy atom. The van der Waals surface area contributed by atoms with Crippen LogP contribution in [0, 0.1) is 0 Å². The molecule has 2 rings (SSSR count). The number of benzene rings is 1. The van der Waals surface area contributed by atoms with E-state index in [9.17, 15) is 9.59 Å². The van der Waals surface area contributed by atoms with E-state index in [1.165, 1.54) is 0 Å². The number of amides is 2. The average Bonchev–Trinajstić information content (AvgIpc) is 2.37. The SMILES string of the molecule is CC1C(=O)N(C(C)C)C(C)C(=O)N1c1cccc(Br)c1. The van der Waals surface area contributed by atoms with Crippen molar-refractivity contribution in [3.05, 3.63) is 28.7 Å². The number of piperazine rings is 1. The highest BCUT2D eigenvalue weighted by Crippen LogP contribution is 2.28. The van der Waals surface area contributed by atoms with Gasteiger partial charge in [0.05, 0.1) is 0 Å². The summed E-state index contributed by atoms with van der Waals surface area (Å²) in [5.41, 5.74) is 0.750. The molecule has 1 aliphatic rings. The molecule has 1 aliphatic heterocycles. The molecule has 0 aromatic heterocycles. The van der Waals surface area contributed by atoms with Gasteiger partial charge in [-0.15, -0.1) is 0 Å². The van der Waals surface area contributed by atoms with Gasteiger partial charge in [-0.2, -0.15) is 0 Å². The first kappa shape index (κ1) is 15.0. The molecule has 0 bridgehead atoms. The van der Waals surface area contributed by atoms with Gasteiger partial charge in [0.2, 0.25) is 11.8 Å². The minimum atomic E-state index is -0.476. The number of anilines is 1. The Hall–Kier alpha value is -1.36. The molecule has 0 aliphatic carbocycles. The molecule has 2 atom stereocenters. The van der Waals surface area contributed by atoms with E-state index < -0.39 is 12.1 Å². The van der Waals surface area contributed by atoms with E-state index in [0.717, 1.165) is 10.2 Å². The zero-order valence-electron chi connectivity index (χ0n) is 12.1. The summed E-state index contributed by atoms with van der Waals surface area (Å²) in [4.78, 5) is 28.4. The van der Waals surface area contributed by atoms with Gasteiger partial charge in [-0.1, -0.05) is 22.0 Å². The third-order valence-electron chi connectivity index (χ3n) is 3.65. The summed E-state index contributed by atoms with van der Waals surface area (Å²) < 4.78 is 0.890. The first-order chi connectivity index (χ1) is 9.34. The normalized spacial score (nSPS) is 23.7. The van der Waals surface area contributed by atoms with E-state index in [0.29, 0.717) is 0 Å². The zero-order valence-corrected chi connectivity index (χ0v) is 13.7. The predicted molar refractivity (Wildman–Crippen MR) is 82.5 cm³/mol. The van der Waals surface area contributed by atoms with Crippen LogP contribution in [0.2, 0.25) is 0 Å². The van der Waals surface area contributed by atoms with E-state index in [1.807, 2.05) is 38.1 Å². The van der Waals surface area contributed by atoms with Gasteiger partial charge >= 0.3 is 0 Å². The van der Waals surface area contributed by atoms with Crippen molar-refractivity contribution in [1.29, 1.82) is 0 Å². The summed E-state index contributed by atoms with van der Waals surface area (Å²) in [6, 6.07) is 6.59. The van der Waals surface area contributed by atoms with E-state index >= 15 is 0 Å². The highest BCUT2D eigenvalue weighted by molar-refractivity contribution is 9.10. The van der Waals surface area contributed by atoms with Crippen molar-refractivity contribution in [2.24, 2.45) is 0 Å². The maximum absolute atomic E-state index is 12.6. The van der Waals surface area contributed by atoms with Crippen molar-refractivity contribution in [2.75, 3.05) is 4.90 Å². The molecule has 0 spiro atoms. The Labute approximate surface area is 127 Å². The molecule has 4 nitrogen and oxygen atoms in total. The van der Waals surface area contributed by atoms with Crippen molar-refractivity contribution in [3.63, 3.8) is 0 Å². The fraction of sp³-hybridized carbons (Fsp3) is 0.467. The number of rotatable bonds is 2. The minimum Gasteiger partial charge on any atom is -0.327 e. The fourth-order valence-electron chi connectivity index (χ4n) is 2.71. The van der Waals surface area contributed by atoms with Gasteiger partial charge in [-0.05, 0) is 45.9 Å². The largest absolute Gasteiger partial charge is 0.327 e. The van der Waals surface area contributed by atoms with Crippen LogP contribution in [0.5, 0.6) is 0 Å². The Kier molecular flexibility index (Phi) is 4.18. The van der Waals surface area contributed by atoms with Gasteiger partial charge in [0.1, 0.15) is 12.1 Å². The van der Waals surface area contributed by atoms with Crippen LogP contribution in [0.1, 0.15) is 27.7 Å². The summed E-state index contributed by atoms with van der Waals surface area (Å²) in [5.74, 6) is -0.0454. The summed E-state index contributed by atoms with van der Waals surface area (Å²) in [7, 11) is 0. The van der Waals surface area contributed by atoms with E-state index in [4.69, 9.17) is 0 Å². The van der Waals surface area contributed by atoms with Crippen molar-refractivity contribution in [2.45, 2.75) is 45.8 Å². The van der Waals surface area contributed by atoms with Crippen LogP contribution in [0.3, 0.4) is 0 Å². The van der Waals surface area contributed by atoms with Gasteiger partial charge in [-0.25, -0.2) is 0 Å². The Morgan fingerprint density at radius 1 is 1.10 bits per heavy atom. The van der Waals surface area contributed by atoms with Crippen molar-refractivity contribution in [1.82, 2.24) is 4.90 Å². The second-order valence-corrected chi connectivity index (χ2v) is 6.29. The molecule has 1 saturated heterocycles. The average molecular weight is 339 g/mol. The molecule has 2 amide bonds. The van der Waals surface area contributed by atoms with Crippen LogP contribution in [-0.2, 0) is 9.59 Å². The fourth-order valence-corrected chi connectivity index (χ4v) is 3.09. The first-order valence-corrected chi connectivity index (χ1v) is 7.54. The molecule has 2 unspecified atom stereocenters. The lowest BCUT2D eigenvalue weighted by Crippen LogP contribution is -2.64. The zero-order chi connectivity index (χ0) is 15.0. The maximum Gasteiger partial charge on any atom is 0.250 e. The van der Waals surface area contributed by atoms with Crippen molar-refractivity contribution in [3.8, 4) is 0 Å². The lowest BCUT2D eigenvalue weighted by molar-refractivity contribution is -0.147. The quantitative estimate of drug-likeness (QED) is 0.831. The lowest BCUT2D eigenvalue weighted by atomic mass is 10.0. The van der Waals surface area contributed by atoms with E-state index in [2.05, 4.69) is 15.9 Å². The molecule has 1 fully saturated rings. The monoisotopic (exact) mass is 338 g/mol. The molecule has 1 heterocycles. The molecule has 0 N–H and O–H groups in total. The molecule has 0 saturated carbocycles. The number of carbonyl (C=O) groups excluding carboxylic acids is 2. The van der Waals surface area contributed by atoms with E-state index in [-0.39, 0.29) is 17.9 Å². The third-order valence-corrected chi connectivity index (χ3v) is 4.15. The molecule has 1 aromatic carbocycles. The van der Waals surface area contributed by atoms with Gasteiger partial charge < -0.3 is 4.90 Å².